The summed E-state index contributed by atoms with van der Waals surface area (Å²) in [5.41, 5.74) is 1.99. The molecule has 0 aliphatic carbocycles. The Morgan fingerprint density at radius 3 is 2.89 bits per heavy atom. The van der Waals surface area contributed by atoms with E-state index in [4.69, 9.17) is 23.8 Å². The van der Waals surface area contributed by atoms with Gasteiger partial charge >= 0.3 is 0 Å². The monoisotopic (exact) mass is 308 g/mol. The molecule has 19 heavy (non-hydrogen) atoms. The van der Waals surface area contributed by atoms with Gasteiger partial charge in [0.2, 0.25) is 0 Å². The van der Waals surface area contributed by atoms with Crippen molar-refractivity contribution in [1.29, 1.82) is 0 Å². The first-order valence-electron chi connectivity index (χ1n) is 6.14. The smallest absolute Gasteiger partial charge is 0.178 e. The molecule has 0 spiro atoms. The summed E-state index contributed by atoms with van der Waals surface area (Å²) in [6.07, 6.45) is 0.994. The van der Waals surface area contributed by atoms with Crippen molar-refractivity contribution in [2.24, 2.45) is 0 Å². The quantitative estimate of drug-likeness (QED) is 0.641. The number of nitrogens with one attached hydrogen (secondary N) is 1. The number of fused-ring (bicyclic) bond motifs is 1. The lowest BCUT2D eigenvalue weighted by molar-refractivity contribution is 0.584. The predicted octanol–water partition coefficient (Wildman–Crippen LogP) is 5.41. The summed E-state index contributed by atoms with van der Waals surface area (Å²) in [5.74, 6) is 0. The van der Waals surface area contributed by atoms with E-state index in [0.717, 1.165) is 22.2 Å². The van der Waals surface area contributed by atoms with Gasteiger partial charge in [-0.05, 0) is 42.2 Å². The Morgan fingerprint density at radius 2 is 2.21 bits per heavy atom. The van der Waals surface area contributed by atoms with Gasteiger partial charge in [0, 0.05) is 4.88 Å². The van der Waals surface area contributed by atoms with E-state index in [9.17, 15) is 0 Å². The Hall–Kier alpha value is -1.10. The molecule has 0 fully saturated rings. The van der Waals surface area contributed by atoms with E-state index in [1.807, 2.05) is 12.1 Å². The number of halogens is 1. The van der Waals surface area contributed by atoms with Crippen LogP contribution in [0.15, 0.2) is 35.7 Å². The second-order valence-electron chi connectivity index (χ2n) is 4.37. The predicted molar refractivity (Wildman–Crippen MR) is 84.9 cm³/mol. The van der Waals surface area contributed by atoms with Crippen LogP contribution in [0.1, 0.15) is 24.3 Å². The molecule has 1 aromatic carbocycles. The molecule has 2 heterocycles. The summed E-state index contributed by atoms with van der Waals surface area (Å²) >= 11 is 13.5. The number of hydrogen-bond donors (Lipinski definition) is 1. The molecular weight excluding hydrogens is 296 g/mol. The van der Waals surface area contributed by atoms with Crippen LogP contribution in [0.25, 0.3) is 11.0 Å². The van der Waals surface area contributed by atoms with Crippen molar-refractivity contribution in [3.8, 4) is 0 Å². The molecule has 0 saturated carbocycles. The van der Waals surface area contributed by atoms with Crippen molar-refractivity contribution >= 4 is 46.2 Å². The number of para-hydroxylation sites is 1. The van der Waals surface area contributed by atoms with E-state index in [1.165, 1.54) is 4.88 Å². The third-order valence-corrected chi connectivity index (χ3v) is 4.86. The molecule has 0 amide bonds. The molecule has 5 heteroatoms. The van der Waals surface area contributed by atoms with Crippen LogP contribution in [-0.2, 0) is 0 Å². The number of benzene rings is 1. The highest BCUT2D eigenvalue weighted by Crippen LogP contribution is 2.31. The normalized spacial score (nSPS) is 12.9. The molecule has 1 N–H and O–H groups in total. The minimum atomic E-state index is 0.264. The first-order chi connectivity index (χ1) is 9.22. The van der Waals surface area contributed by atoms with Crippen LogP contribution in [0.5, 0.6) is 0 Å². The van der Waals surface area contributed by atoms with Gasteiger partial charge in [-0.2, -0.15) is 0 Å². The fourth-order valence-electron chi connectivity index (χ4n) is 2.42. The van der Waals surface area contributed by atoms with Crippen LogP contribution >= 0.6 is 35.2 Å². The van der Waals surface area contributed by atoms with Crippen molar-refractivity contribution in [1.82, 2.24) is 9.55 Å². The highest BCUT2D eigenvalue weighted by atomic mass is 35.5. The number of rotatable bonds is 3. The van der Waals surface area contributed by atoms with E-state index < -0.39 is 0 Å². The van der Waals surface area contributed by atoms with Gasteiger partial charge in [-0.1, -0.05) is 30.7 Å². The first kappa shape index (κ1) is 12.9. The molecule has 2 nitrogen and oxygen atoms in total. The zero-order valence-corrected chi connectivity index (χ0v) is 12.8. The van der Waals surface area contributed by atoms with E-state index in [0.29, 0.717) is 5.02 Å². The SMILES string of the molecule is CCC(c1cccs1)n1c(=S)[nH]c2c(Cl)cccc21. The molecule has 0 aliphatic heterocycles. The second kappa shape index (κ2) is 5.12. The molecule has 3 rings (SSSR count). The Labute approximate surface area is 125 Å². The molecule has 0 saturated heterocycles. The van der Waals surface area contributed by atoms with Crippen LogP contribution < -0.4 is 0 Å². The maximum Gasteiger partial charge on any atom is 0.178 e. The van der Waals surface area contributed by atoms with Crippen molar-refractivity contribution in [2.75, 3.05) is 0 Å². The molecule has 3 aromatic rings. The van der Waals surface area contributed by atoms with E-state index >= 15 is 0 Å². The van der Waals surface area contributed by atoms with Gasteiger partial charge in [-0.3, -0.25) is 0 Å². The van der Waals surface area contributed by atoms with Crippen molar-refractivity contribution in [3.05, 3.63) is 50.4 Å². The average Bonchev–Trinajstić information content (AvgIpc) is 3.01. The Kier molecular flexibility index (Phi) is 3.48. The largest absolute Gasteiger partial charge is 0.329 e. The van der Waals surface area contributed by atoms with Crippen molar-refractivity contribution < 1.29 is 0 Å². The van der Waals surface area contributed by atoms with Crippen LogP contribution in [0.4, 0.5) is 0 Å². The number of aromatic nitrogens is 2. The molecule has 0 radical (unpaired) electrons. The van der Waals surface area contributed by atoms with Gasteiger partial charge < -0.3 is 9.55 Å². The maximum absolute atomic E-state index is 6.23. The Morgan fingerprint density at radius 1 is 1.37 bits per heavy atom. The summed E-state index contributed by atoms with van der Waals surface area (Å²) in [6.45, 7) is 2.18. The molecule has 0 aliphatic rings. The van der Waals surface area contributed by atoms with Gasteiger partial charge in [0.1, 0.15) is 0 Å². The van der Waals surface area contributed by atoms with Crippen LogP contribution in [-0.4, -0.2) is 9.55 Å². The standard InChI is InChI=1S/C14H13ClN2S2/c1-2-10(12-7-4-8-19-12)17-11-6-3-5-9(15)13(11)16-14(17)18/h3-8,10H,2H2,1H3,(H,16,18). The zero-order chi connectivity index (χ0) is 13.4. The third kappa shape index (κ3) is 2.14. The lowest BCUT2D eigenvalue weighted by atomic mass is 10.2. The highest BCUT2D eigenvalue weighted by Gasteiger charge is 2.17. The summed E-state index contributed by atoms with van der Waals surface area (Å²) in [5, 5.41) is 2.81. The van der Waals surface area contributed by atoms with Gasteiger partial charge in [-0.25, -0.2) is 0 Å². The van der Waals surface area contributed by atoms with Gasteiger partial charge in [-0.15, -0.1) is 11.3 Å². The molecule has 1 unspecified atom stereocenters. The van der Waals surface area contributed by atoms with E-state index in [2.05, 4.69) is 40.1 Å². The summed E-state index contributed by atoms with van der Waals surface area (Å²) in [7, 11) is 0. The Bertz CT molecular complexity index is 755. The van der Waals surface area contributed by atoms with Crippen molar-refractivity contribution in [3.63, 3.8) is 0 Å². The minimum Gasteiger partial charge on any atom is -0.329 e. The number of aromatic amines is 1. The number of thiophene rings is 1. The molecule has 98 valence electrons. The van der Waals surface area contributed by atoms with Gasteiger partial charge in [0.25, 0.3) is 0 Å². The summed E-state index contributed by atoms with van der Waals surface area (Å²) in [6, 6.07) is 10.4. The van der Waals surface area contributed by atoms with E-state index in [1.54, 1.807) is 11.3 Å². The Balaban J connectivity index is 2.27. The van der Waals surface area contributed by atoms with Crippen LogP contribution in [0.3, 0.4) is 0 Å². The molecule has 2 aromatic heterocycles. The number of nitrogens with zero attached hydrogens (tertiary/aromatic N) is 1. The van der Waals surface area contributed by atoms with Crippen LogP contribution in [0.2, 0.25) is 5.02 Å². The number of H-pyrrole nitrogens is 1. The number of imidazole rings is 1. The molecule has 0 bridgehead atoms. The fourth-order valence-corrected chi connectivity index (χ4v) is 3.86. The molecule has 1 atom stereocenters. The van der Waals surface area contributed by atoms with E-state index in [-0.39, 0.29) is 6.04 Å². The van der Waals surface area contributed by atoms with Gasteiger partial charge in [0.05, 0.1) is 22.1 Å². The average molecular weight is 309 g/mol. The lowest BCUT2D eigenvalue weighted by Crippen LogP contribution is -2.08. The molecular formula is C14H13ClN2S2. The fraction of sp³-hybridized carbons (Fsp3) is 0.214. The lowest BCUT2D eigenvalue weighted by Gasteiger charge is -2.16. The highest BCUT2D eigenvalue weighted by molar-refractivity contribution is 7.71. The maximum atomic E-state index is 6.23. The first-order valence-corrected chi connectivity index (χ1v) is 7.81. The van der Waals surface area contributed by atoms with Crippen molar-refractivity contribution in [2.45, 2.75) is 19.4 Å². The summed E-state index contributed by atoms with van der Waals surface area (Å²) in [4.78, 5) is 4.54. The third-order valence-electron chi connectivity index (χ3n) is 3.27. The van der Waals surface area contributed by atoms with Gasteiger partial charge in [0.15, 0.2) is 4.77 Å². The zero-order valence-electron chi connectivity index (χ0n) is 10.4. The summed E-state index contributed by atoms with van der Waals surface area (Å²) < 4.78 is 2.89. The second-order valence-corrected chi connectivity index (χ2v) is 6.15. The van der Waals surface area contributed by atoms with Crippen LogP contribution in [0, 0.1) is 4.77 Å². The minimum absolute atomic E-state index is 0.264. The number of hydrogen-bond acceptors (Lipinski definition) is 2. The topological polar surface area (TPSA) is 20.7 Å².